The second-order valence-corrected chi connectivity index (χ2v) is 8.52. The molecule has 0 radical (unpaired) electrons. The number of aromatic nitrogens is 1. The van der Waals surface area contributed by atoms with Gasteiger partial charge in [-0.1, -0.05) is 34.6 Å². The van der Waals surface area contributed by atoms with Gasteiger partial charge in [-0.3, -0.25) is 0 Å². The van der Waals surface area contributed by atoms with Gasteiger partial charge in [-0.2, -0.15) is 0 Å². The van der Waals surface area contributed by atoms with Crippen LogP contribution < -0.4 is 5.32 Å². The number of nitrogens with one attached hydrogen (secondary N) is 1. The molecule has 1 aromatic heterocycles. The van der Waals surface area contributed by atoms with Crippen LogP contribution in [0.15, 0.2) is 5.38 Å². The maximum Gasteiger partial charge on any atom is 0.0959 e. The van der Waals surface area contributed by atoms with Crippen molar-refractivity contribution in [3.8, 4) is 0 Å². The summed E-state index contributed by atoms with van der Waals surface area (Å²) in [5.74, 6) is 1.60. The highest BCUT2D eigenvalue weighted by molar-refractivity contribution is 7.09. The SMILES string of the molecule is CC(C)NCc1csc(C2CCC(C(C)(C)C)CC2)n1. The van der Waals surface area contributed by atoms with Gasteiger partial charge in [0.15, 0.2) is 0 Å². The van der Waals surface area contributed by atoms with Crippen LogP contribution >= 0.6 is 11.3 Å². The number of hydrogen-bond donors (Lipinski definition) is 1. The van der Waals surface area contributed by atoms with Crippen LogP contribution in [0, 0.1) is 11.3 Å². The average Bonchev–Trinajstić information content (AvgIpc) is 2.84. The third kappa shape index (κ3) is 4.29. The van der Waals surface area contributed by atoms with Gasteiger partial charge in [-0.15, -0.1) is 11.3 Å². The molecule has 0 atom stereocenters. The Bertz CT molecular complexity index is 409. The van der Waals surface area contributed by atoms with Crippen LogP contribution in [0.4, 0.5) is 0 Å². The molecule has 0 unspecified atom stereocenters. The molecule has 1 aliphatic carbocycles. The summed E-state index contributed by atoms with van der Waals surface area (Å²) < 4.78 is 0. The molecule has 0 bridgehead atoms. The van der Waals surface area contributed by atoms with Crippen LogP contribution in [0.5, 0.6) is 0 Å². The zero-order chi connectivity index (χ0) is 14.8. The van der Waals surface area contributed by atoms with Crippen molar-refractivity contribution in [2.24, 2.45) is 11.3 Å². The van der Waals surface area contributed by atoms with E-state index in [-0.39, 0.29) is 0 Å². The van der Waals surface area contributed by atoms with Crippen LogP contribution in [0.25, 0.3) is 0 Å². The Hall–Kier alpha value is -0.410. The van der Waals surface area contributed by atoms with Gasteiger partial charge in [-0.05, 0) is 37.0 Å². The van der Waals surface area contributed by atoms with E-state index in [2.05, 4.69) is 45.3 Å². The van der Waals surface area contributed by atoms with Gasteiger partial charge in [0.2, 0.25) is 0 Å². The van der Waals surface area contributed by atoms with E-state index in [1.807, 2.05) is 11.3 Å². The molecule has 1 saturated carbocycles. The van der Waals surface area contributed by atoms with Crippen molar-refractivity contribution in [3.05, 3.63) is 16.1 Å². The van der Waals surface area contributed by atoms with Gasteiger partial charge in [0.05, 0.1) is 10.7 Å². The third-order valence-corrected chi connectivity index (χ3v) is 5.62. The first-order valence-electron chi connectivity index (χ1n) is 8.04. The van der Waals surface area contributed by atoms with E-state index in [1.54, 1.807) is 0 Å². The number of rotatable bonds is 4. The first-order valence-corrected chi connectivity index (χ1v) is 8.92. The Morgan fingerprint density at radius 1 is 1.25 bits per heavy atom. The van der Waals surface area contributed by atoms with E-state index in [0.29, 0.717) is 17.4 Å². The maximum atomic E-state index is 4.85. The van der Waals surface area contributed by atoms with Gasteiger partial charge in [0.1, 0.15) is 0 Å². The highest BCUT2D eigenvalue weighted by atomic mass is 32.1. The first-order chi connectivity index (χ1) is 9.36. The normalized spacial score (nSPS) is 24.3. The lowest BCUT2D eigenvalue weighted by atomic mass is 9.70. The molecule has 1 aromatic rings. The maximum absolute atomic E-state index is 4.85. The molecule has 20 heavy (non-hydrogen) atoms. The quantitative estimate of drug-likeness (QED) is 0.849. The second kappa shape index (κ2) is 6.57. The molecular formula is C17H30N2S. The monoisotopic (exact) mass is 294 g/mol. The van der Waals surface area contributed by atoms with Gasteiger partial charge in [0.25, 0.3) is 0 Å². The molecule has 114 valence electrons. The minimum atomic E-state index is 0.472. The largest absolute Gasteiger partial charge is 0.309 e. The van der Waals surface area contributed by atoms with Crippen molar-refractivity contribution in [1.82, 2.24) is 10.3 Å². The molecule has 2 rings (SSSR count). The second-order valence-electron chi connectivity index (χ2n) is 7.63. The van der Waals surface area contributed by atoms with E-state index in [4.69, 9.17) is 4.98 Å². The fourth-order valence-corrected chi connectivity index (χ4v) is 4.10. The van der Waals surface area contributed by atoms with E-state index in [1.165, 1.54) is 36.4 Å². The summed E-state index contributed by atoms with van der Waals surface area (Å²) in [4.78, 5) is 4.85. The van der Waals surface area contributed by atoms with Gasteiger partial charge in [-0.25, -0.2) is 4.98 Å². The summed E-state index contributed by atoms with van der Waals surface area (Å²) >= 11 is 1.87. The van der Waals surface area contributed by atoms with Crippen molar-refractivity contribution in [2.75, 3.05) is 0 Å². The van der Waals surface area contributed by atoms with Crippen LogP contribution in [-0.2, 0) is 6.54 Å². The molecule has 0 saturated heterocycles. The van der Waals surface area contributed by atoms with E-state index < -0.39 is 0 Å². The molecule has 3 heteroatoms. The fraction of sp³-hybridized carbons (Fsp3) is 0.824. The molecule has 1 heterocycles. The predicted molar refractivity (Wildman–Crippen MR) is 88.2 cm³/mol. The Morgan fingerprint density at radius 2 is 1.90 bits per heavy atom. The van der Waals surface area contributed by atoms with Crippen LogP contribution in [0.2, 0.25) is 0 Å². The highest BCUT2D eigenvalue weighted by Gasteiger charge is 2.31. The topological polar surface area (TPSA) is 24.9 Å². The molecule has 2 nitrogen and oxygen atoms in total. The molecule has 1 aliphatic rings. The summed E-state index contributed by atoms with van der Waals surface area (Å²) in [6, 6.07) is 0.530. The van der Waals surface area contributed by atoms with Gasteiger partial charge >= 0.3 is 0 Å². The molecule has 0 aliphatic heterocycles. The van der Waals surface area contributed by atoms with E-state index in [9.17, 15) is 0 Å². The number of nitrogens with zero attached hydrogens (tertiary/aromatic N) is 1. The molecular weight excluding hydrogens is 264 g/mol. The number of thiazole rings is 1. The molecule has 0 spiro atoms. The van der Waals surface area contributed by atoms with Crippen molar-refractivity contribution < 1.29 is 0 Å². The average molecular weight is 295 g/mol. The minimum Gasteiger partial charge on any atom is -0.309 e. The zero-order valence-electron chi connectivity index (χ0n) is 13.7. The highest BCUT2D eigenvalue weighted by Crippen LogP contribution is 2.43. The Kier molecular flexibility index (Phi) is 5.25. The molecule has 1 N–H and O–H groups in total. The van der Waals surface area contributed by atoms with Gasteiger partial charge in [0, 0.05) is 23.9 Å². The lowest BCUT2D eigenvalue weighted by Gasteiger charge is -2.36. The smallest absolute Gasteiger partial charge is 0.0959 e. The Morgan fingerprint density at radius 3 is 2.45 bits per heavy atom. The lowest BCUT2D eigenvalue weighted by molar-refractivity contribution is 0.169. The summed E-state index contributed by atoms with van der Waals surface area (Å²) in [7, 11) is 0. The van der Waals surface area contributed by atoms with Crippen LogP contribution in [0.3, 0.4) is 0 Å². The zero-order valence-corrected chi connectivity index (χ0v) is 14.5. The van der Waals surface area contributed by atoms with E-state index in [0.717, 1.165) is 12.5 Å². The fourth-order valence-electron chi connectivity index (χ4n) is 3.11. The van der Waals surface area contributed by atoms with E-state index >= 15 is 0 Å². The summed E-state index contributed by atoms with van der Waals surface area (Å²) in [5.41, 5.74) is 1.69. The van der Waals surface area contributed by atoms with Crippen LogP contribution in [0.1, 0.15) is 76.9 Å². The van der Waals surface area contributed by atoms with Crippen molar-refractivity contribution in [3.63, 3.8) is 0 Å². The minimum absolute atomic E-state index is 0.472. The molecule has 1 fully saturated rings. The molecule has 0 amide bonds. The number of hydrogen-bond acceptors (Lipinski definition) is 3. The standard InChI is InChI=1S/C17H30N2S/c1-12(2)18-10-15-11-20-16(19-15)13-6-8-14(9-7-13)17(3,4)5/h11-14,18H,6-10H2,1-5H3. The van der Waals surface area contributed by atoms with Crippen molar-refractivity contribution in [2.45, 2.75) is 78.8 Å². The van der Waals surface area contributed by atoms with Crippen molar-refractivity contribution in [1.29, 1.82) is 0 Å². The lowest BCUT2D eigenvalue weighted by Crippen LogP contribution is -2.25. The Labute approximate surface area is 128 Å². The van der Waals surface area contributed by atoms with Crippen molar-refractivity contribution >= 4 is 11.3 Å². The summed E-state index contributed by atoms with van der Waals surface area (Å²) in [5, 5.41) is 7.06. The van der Waals surface area contributed by atoms with Gasteiger partial charge < -0.3 is 5.32 Å². The summed E-state index contributed by atoms with van der Waals surface area (Å²) in [6.07, 6.45) is 5.39. The summed E-state index contributed by atoms with van der Waals surface area (Å²) in [6.45, 7) is 12.4. The first kappa shape index (κ1) is 16.0. The molecule has 0 aromatic carbocycles. The third-order valence-electron chi connectivity index (χ3n) is 4.56. The Balaban J connectivity index is 1.88. The predicted octanol–water partition coefficient (Wildman–Crippen LogP) is 4.96. The van der Waals surface area contributed by atoms with Crippen LogP contribution in [-0.4, -0.2) is 11.0 Å².